The van der Waals surface area contributed by atoms with E-state index in [2.05, 4.69) is 4.98 Å². The monoisotopic (exact) mass is 330 g/mol. The fourth-order valence-corrected chi connectivity index (χ4v) is 4.51. The lowest BCUT2D eigenvalue weighted by Crippen LogP contribution is -2.32. The Morgan fingerprint density at radius 3 is 2.67 bits per heavy atom. The molecule has 0 amide bonds. The lowest BCUT2D eigenvalue weighted by Gasteiger charge is -2.22. The first kappa shape index (κ1) is 15.4. The molecule has 2 aromatic rings. The van der Waals surface area contributed by atoms with E-state index >= 15 is 0 Å². The highest BCUT2D eigenvalue weighted by molar-refractivity contribution is 7.94. The summed E-state index contributed by atoms with van der Waals surface area (Å²) >= 11 is 0.685. The number of hydrogen-bond donors (Lipinski definition) is 1. The average molecular weight is 330 g/mol. The largest absolute Gasteiger partial charge is 0.476 e. The molecule has 0 atom stereocenters. The summed E-state index contributed by atoms with van der Waals surface area (Å²) in [6, 6.07) is 5.40. The Kier molecular flexibility index (Phi) is 4.24. The van der Waals surface area contributed by atoms with Crippen LogP contribution in [0.3, 0.4) is 0 Å². The molecule has 0 bridgehead atoms. The Morgan fingerprint density at radius 2 is 2.10 bits per heavy atom. The molecule has 6 nitrogen and oxygen atoms in total. The first-order chi connectivity index (χ1) is 9.89. The predicted molar refractivity (Wildman–Crippen MR) is 75.7 cm³/mol. The molecule has 0 saturated heterocycles. The Morgan fingerprint density at radius 1 is 1.43 bits per heavy atom. The molecule has 1 N–H and O–H groups in total. The third-order valence-corrected chi connectivity index (χ3v) is 5.91. The number of aromatic nitrogens is 1. The van der Waals surface area contributed by atoms with Crippen molar-refractivity contribution < 1.29 is 22.7 Å². The molecule has 112 valence electrons. The van der Waals surface area contributed by atoms with Crippen LogP contribution in [-0.2, 0) is 10.0 Å². The average Bonchev–Trinajstić information content (AvgIpc) is 2.91. The minimum absolute atomic E-state index is 0.0414. The van der Waals surface area contributed by atoms with Gasteiger partial charge in [0.15, 0.2) is 9.90 Å². The second-order valence-corrected chi connectivity index (χ2v) is 6.83. The first-order valence-electron chi connectivity index (χ1n) is 5.83. The van der Waals surface area contributed by atoms with E-state index in [9.17, 15) is 17.6 Å². The number of halogens is 1. The van der Waals surface area contributed by atoms with E-state index in [4.69, 9.17) is 5.11 Å². The number of rotatable bonds is 5. The number of para-hydroxylation sites is 1. The number of carboxylic acid groups (broad SMARTS) is 1. The number of hydrogen-bond acceptors (Lipinski definition) is 5. The van der Waals surface area contributed by atoms with E-state index in [0.717, 1.165) is 15.9 Å². The van der Waals surface area contributed by atoms with Gasteiger partial charge in [-0.25, -0.2) is 22.6 Å². The Bertz CT molecular complexity index is 773. The minimum Gasteiger partial charge on any atom is -0.476 e. The van der Waals surface area contributed by atoms with Crippen LogP contribution in [0.15, 0.2) is 34.0 Å². The Hall–Kier alpha value is -2.00. The van der Waals surface area contributed by atoms with E-state index < -0.39 is 31.7 Å². The summed E-state index contributed by atoms with van der Waals surface area (Å²) in [5, 5.41) is 8.98. The van der Waals surface area contributed by atoms with Gasteiger partial charge >= 0.3 is 5.97 Å². The van der Waals surface area contributed by atoms with Crippen molar-refractivity contribution in [2.75, 3.05) is 10.8 Å². The standard InChI is InChI=1S/C12H11FN2O4S2/c1-2-15(9-6-4-3-5-8(9)13)21(18,19)12-10(11(16)17)14-7-20-12/h3-7H,2H2,1H3,(H,16,17). The number of carbonyl (C=O) groups is 1. The lowest BCUT2D eigenvalue weighted by molar-refractivity contribution is 0.0687. The summed E-state index contributed by atoms with van der Waals surface area (Å²) in [6.45, 7) is 1.49. The van der Waals surface area contributed by atoms with Crippen molar-refractivity contribution in [2.45, 2.75) is 11.1 Å². The molecule has 1 heterocycles. The van der Waals surface area contributed by atoms with Gasteiger partial charge in [0.05, 0.1) is 11.2 Å². The topological polar surface area (TPSA) is 87.6 Å². The zero-order valence-corrected chi connectivity index (χ0v) is 12.5. The van der Waals surface area contributed by atoms with Gasteiger partial charge in [-0.15, -0.1) is 11.3 Å². The number of carboxylic acids is 1. The van der Waals surface area contributed by atoms with Crippen LogP contribution in [0, 0.1) is 5.82 Å². The molecule has 0 aliphatic carbocycles. The lowest BCUT2D eigenvalue weighted by atomic mass is 10.3. The maximum absolute atomic E-state index is 13.8. The summed E-state index contributed by atoms with van der Waals surface area (Å²) in [5.41, 5.74) is 0.436. The van der Waals surface area contributed by atoms with Gasteiger partial charge in [0, 0.05) is 6.54 Å². The molecule has 1 aromatic carbocycles. The third-order valence-electron chi connectivity index (χ3n) is 2.67. The maximum Gasteiger partial charge on any atom is 0.356 e. The van der Waals surface area contributed by atoms with Gasteiger partial charge in [-0.3, -0.25) is 4.31 Å². The molecule has 0 saturated carbocycles. The van der Waals surface area contributed by atoms with Gasteiger partial charge in [0.25, 0.3) is 10.0 Å². The summed E-state index contributed by atoms with van der Waals surface area (Å²) < 4.78 is 39.4. The summed E-state index contributed by atoms with van der Waals surface area (Å²) in [6.07, 6.45) is 0. The van der Waals surface area contributed by atoms with Gasteiger partial charge < -0.3 is 5.11 Å². The summed E-state index contributed by atoms with van der Waals surface area (Å²) in [5.74, 6) is -2.15. The van der Waals surface area contributed by atoms with Crippen molar-refractivity contribution in [1.29, 1.82) is 0 Å². The smallest absolute Gasteiger partial charge is 0.356 e. The van der Waals surface area contributed by atoms with Gasteiger partial charge in [-0.1, -0.05) is 12.1 Å². The molecule has 0 aliphatic rings. The Balaban J connectivity index is 2.58. The van der Waals surface area contributed by atoms with Crippen molar-refractivity contribution >= 4 is 33.0 Å². The highest BCUT2D eigenvalue weighted by Gasteiger charge is 2.32. The van der Waals surface area contributed by atoms with E-state index in [0.29, 0.717) is 11.3 Å². The maximum atomic E-state index is 13.8. The highest BCUT2D eigenvalue weighted by atomic mass is 32.2. The number of thiazole rings is 1. The number of aromatic carboxylic acids is 1. The minimum atomic E-state index is -4.19. The van der Waals surface area contributed by atoms with Crippen LogP contribution in [0.5, 0.6) is 0 Å². The van der Waals surface area contributed by atoms with Crippen LogP contribution >= 0.6 is 11.3 Å². The molecular weight excluding hydrogens is 319 g/mol. The zero-order chi connectivity index (χ0) is 15.6. The fourth-order valence-electron chi connectivity index (χ4n) is 1.78. The fraction of sp³-hybridized carbons (Fsp3) is 0.167. The SMILES string of the molecule is CCN(c1ccccc1F)S(=O)(=O)c1scnc1C(=O)O. The van der Waals surface area contributed by atoms with Gasteiger partial charge in [-0.05, 0) is 19.1 Å². The molecule has 2 rings (SSSR count). The second kappa shape index (κ2) is 5.78. The van der Waals surface area contributed by atoms with E-state index in [-0.39, 0.29) is 12.2 Å². The van der Waals surface area contributed by atoms with Crippen molar-refractivity contribution in [3.05, 3.63) is 41.3 Å². The number of nitrogens with zero attached hydrogens (tertiary/aromatic N) is 2. The van der Waals surface area contributed by atoms with Gasteiger partial charge in [-0.2, -0.15) is 0 Å². The van der Waals surface area contributed by atoms with E-state index in [1.165, 1.54) is 25.1 Å². The molecule has 21 heavy (non-hydrogen) atoms. The van der Waals surface area contributed by atoms with Crippen molar-refractivity contribution in [2.24, 2.45) is 0 Å². The molecule has 1 aromatic heterocycles. The van der Waals surface area contributed by atoms with Crippen molar-refractivity contribution in [3.63, 3.8) is 0 Å². The van der Waals surface area contributed by atoms with Gasteiger partial charge in [0.2, 0.25) is 0 Å². The third kappa shape index (κ3) is 2.74. The van der Waals surface area contributed by atoms with Gasteiger partial charge in [0.1, 0.15) is 5.82 Å². The predicted octanol–water partition coefficient (Wildman–Crippen LogP) is 2.20. The zero-order valence-electron chi connectivity index (χ0n) is 10.9. The van der Waals surface area contributed by atoms with Crippen LogP contribution in [-0.4, -0.2) is 31.0 Å². The number of benzene rings is 1. The molecule has 0 spiro atoms. The molecule has 0 unspecified atom stereocenters. The molecule has 9 heteroatoms. The van der Waals surface area contributed by atoms with Crippen LogP contribution in [0.2, 0.25) is 0 Å². The molecular formula is C12H11FN2O4S2. The van der Waals surface area contributed by atoms with Crippen LogP contribution in [0.1, 0.15) is 17.4 Å². The van der Waals surface area contributed by atoms with Crippen molar-refractivity contribution in [3.8, 4) is 0 Å². The Labute approximate surface area is 124 Å². The normalized spacial score (nSPS) is 11.3. The highest BCUT2D eigenvalue weighted by Crippen LogP contribution is 2.29. The van der Waals surface area contributed by atoms with Crippen molar-refractivity contribution in [1.82, 2.24) is 4.98 Å². The quantitative estimate of drug-likeness (QED) is 0.908. The summed E-state index contributed by atoms with van der Waals surface area (Å²) in [4.78, 5) is 14.6. The van der Waals surface area contributed by atoms with Crippen LogP contribution in [0.25, 0.3) is 0 Å². The van der Waals surface area contributed by atoms with Crippen LogP contribution < -0.4 is 4.31 Å². The molecule has 0 radical (unpaired) electrons. The van der Waals surface area contributed by atoms with E-state index in [1.807, 2.05) is 0 Å². The first-order valence-corrected chi connectivity index (χ1v) is 8.15. The second-order valence-electron chi connectivity index (χ2n) is 3.91. The molecule has 0 fully saturated rings. The van der Waals surface area contributed by atoms with Crippen LogP contribution in [0.4, 0.5) is 10.1 Å². The molecule has 0 aliphatic heterocycles. The number of sulfonamides is 1. The summed E-state index contributed by atoms with van der Waals surface area (Å²) in [7, 11) is -4.19. The number of anilines is 1. The van der Waals surface area contributed by atoms with E-state index in [1.54, 1.807) is 0 Å².